The van der Waals surface area contributed by atoms with Crippen LogP contribution in [0.4, 0.5) is 8.78 Å². The minimum atomic E-state index is -0.837. The van der Waals surface area contributed by atoms with Crippen molar-refractivity contribution < 1.29 is 8.78 Å². The lowest BCUT2D eigenvalue weighted by atomic mass is 10.0. The van der Waals surface area contributed by atoms with Crippen molar-refractivity contribution in [3.05, 3.63) is 29.6 Å². The number of fused-ring (bicyclic) bond motifs is 1. The number of aromatic amines is 1. The van der Waals surface area contributed by atoms with Crippen LogP contribution in [0.25, 0.3) is 11.0 Å². The summed E-state index contributed by atoms with van der Waals surface area (Å²) in [4.78, 5) is 7.39. The van der Waals surface area contributed by atoms with Crippen LogP contribution >= 0.6 is 0 Å². The largest absolute Gasteiger partial charge is 0.342 e. The van der Waals surface area contributed by atoms with Gasteiger partial charge in [0.15, 0.2) is 11.6 Å². The van der Waals surface area contributed by atoms with Crippen molar-refractivity contribution in [3.63, 3.8) is 0 Å². The van der Waals surface area contributed by atoms with E-state index in [2.05, 4.69) is 9.97 Å². The van der Waals surface area contributed by atoms with Gasteiger partial charge in [0, 0.05) is 18.6 Å². The number of hydrogen-bond donors (Lipinski definition) is 1. The van der Waals surface area contributed by atoms with E-state index < -0.39 is 11.6 Å². The number of nitrogens with zero attached hydrogens (tertiary/aromatic N) is 1. The van der Waals surface area contributed by atoms with Gasteiger partial charge in [-0.05, 0) is 5.92 Å². The first-order chi connectivity index (χ1) is 8.22. The Labute approximate surface area is 98.1 Å². The highest BCUT2D eigenvalue weighted by Gasteiger charge is 2.17. The highest BCUT2D eigenvalue weighted by Crippen LogP contribution is 2.28. The van der Waals surface area contributed by atoms with Gasteiger partial charge in [0.2, 0.25) is 0 Å². The molecule has 4 heteroatoms. The number of aromatic nitrogens is 2. The van der Waals surface area contributed by atoms with E-state index >= 15 is 0 Å². The van der Waals surface area contributed by atoms with Crippen LogP contribution in [-0.2, 0) is 6.42 Å². The van der Waals surface area contributed by atoms with Crippen molar-refractivity contribution in [3.8, 4) is 0 Å². The molecule has 1 aliphatic carbocycles. The van der Waals surface area contributed by atoms with E-state index in [4.69, 9.17) is 0 Å². The third-order valence-corrected chi connectivity index (χ3v) is 3.53. The van der Waals surface area contributed by atoms with E-state index in [1.807, 2.05) is 0 Å². The minimum Gasteiger partial charge on any atom is -0.342 e. The van der Waals surface area contributed by atoms with Gasteiger partial charge in [0.05, 0.1) is 11.0 Å². The summed E-state index contributed by atoms with van der Waals surface area (Å²) in [6, 6.07) is 2.33. The molecule has 0 unspecified atom stereocenters. The molecule has 0 spiro atoms. The van der Waals surface area contributed by atoms with Crippen LogP contribution in [0, 0.1) is 17.6 Å². The Morgan fingerprint density at radius 1 is 1.18 bits per heavy atom. The molecule has 90 valence electrons. The summed E-state index contributed by atoms with van der Waals surface area (Å²) in [6.07, 6.45) is 5.93. The zero-order valence-electron chi connectivity index (χ0n) is 9.47. The number of halogens is 2. The molecule has 1 fully saturated rings. The zero-order valence-corrected chi connectivity index (χ0v) is 9.47. The van der Waals surface area contributed by atoms with E-state index in [1.54, 1.807) is 0 Å². The van der Waals surface area contributed by atoms with Gasteiger partial charge in [-0.2, -0.15) is 0 Å². The van der Waals surface area contributed by atoms with Crippen molar-refractivity contribution >= 4 is 11.0 Å². The maximum absolute atomic E-state index is 13.0. The molecule has 0 bridgehead atoms. The molecule has 0 atom stereocenters. The van der Waals surface area contributed by atoms with Crippen LogP contribution in [0.3, 0.4) is 0 Å². The van der Waals surface area contributed by atoms with E-state index in [9.17, 15) is 8.78 Å². The summed E-state index contributed by atoms with van der Waals surface area (Å²) >= 11 is 0. The van der Waals surface area contributed by atoms with Gasteiger partial charge < -0.3 is 4.98 Å². The van der Waals surface area contributed by atoms with E-state index in [0.29, 0.717) is 17.0 Å². The van der Waals surface area contributed by atoms with Crippen molar-refractivity contribution in [1.82, 2.24) is 9.97 Å². The minimum absolute atomic E-state index is 0.511. The molecule has 0 radical (unpaired) electrons. The smallest absolute Gasteiger partial charge is 0.161 e. The number of benzene rings is 1. The lowest BCUT2D eigenvalue weighted by molar-refractivity contribution is 0.510. The van der Waals surface area contributed by atoms with Crippen molar-refractivity contribution in [1.29, 1.82) is 0 Å². The van der Waals surface area contributed by atoms with Gasteiger partial charge in [0.25, 0.3) is 0 Å². The van der Waals surface area contributed by atoms with Gasteiger partial charge in [-0.3, -0.25) is 0 Å². The highest BCUT2D eigenvalue weighted by atomic mass is 19.2. The second kappa shape index (κ2) is 4.09. The molecule has 1 saturated carbocycles. The van der Waals surface area contributed by atoms with Gasteiger partial charge in [-0.1, -0.05) is 25.7 Å². The fourth-order valence-electron chi connectivity index (χ4n) is 2.64. The molecular weight excluding hydrogens is 222 g/mol. The van der Waals surface area contributed by atoms with Gasteiger partial charge in [-0.15, -0.1) is 0 Å². The van der Waals surface area contributed by atoms with Crippen LogP contribution in [0.2, 0.25) is 0 Å². The Hall–Kier alpha value is -1.45. The van der Waals surface area contributed by atoms with E-state index in [1.165, 1.54) is 31.7 Å². The second-order valence-corrected chi connectivity index (χ2v) is 4.82. The molecular formula is C13H14F2N2. The molecule has 0 saturated heterocycles. The summed E-state index contributed by atoms with van der Waals surface area (Å²) in [7, 11) is 0. The first-order valence-corrected chi connectivity index (χ1v) is 6.06. The standard InChI is InChI=1S/C13H14F2N2/c14-9-6-11-12(7-10(9)15)17-13(16-11)5-8-3-1-2-4-8/h6-8H,1-5H2,(H,16,17). The summed E-state index contributed by atoms with van der Waals surface area (Å²) < 4.78 is 26.1. The van der Waals surface area contributed by atoms with E-state index in [0.717, 1.165) is 18.3 Å². The fraction of sp³-hybridized carbons (Fsp3) is 0.462. The van der Waals surface area contributed by atoms with Gasteiger partial charge >= 0.3 is 0 Å². The van der Waals surface area contributed by atoms with Crippen LogP contribution in [0.1, 0.15) is 31.5 Å². The van der Waals surface area contributed by atoms with Gasteiger partial charge in [0.1, 0.15) is 5.82 Å². The van der Waals surface area contributed by atoms with Crippen LogP contribution < -0.4 is 0 Å². The third kappa shape index (κ3) is 2.04. The lowest BCUT2D eigenvalue weighted by Crippen LogP contribution is -2.00. The monoisotopic (exact) mass is 236 g/mol. The number of rotatable bonds is 2. The first-order valence-electron chi connectivity index (χ1n) is 6.06. The maximum Gasteiger partial charge on any atom is 0.161 e. The number of nitrogens with one attached hydrogen (secondary N) is 1. The Morgan fingerprint density at radius 3 is 2.65 bits per heavy atom. The molecule has 0 amide bonds. The normalized spacial score (nSPS) is 17.1. The SMILES string of the molecule is Fc1cc2nc(CC3CCCC3)[nH]c2cc1F. The molecule has 1 heterocycles. The maximum atomic E-state index is 13.0. The molecule has 17 heavy (non-hydrogen) atoms. The Balaban J connectivity index is 1.90. The number of hydrogen-bond acceptors (Lipinski definition) is 1. The summed E-state index contributed by atoms with van der Waals surface area (Å²) in [6.45, 7) is 0. The zero-order chi connectivity index (χ0) is 11.8. The summed E-state index contributed by atoms with van der Waals surface area (Å²) in [5.74, 6) is -0.146. The molecule has 1 aromatic heterocycles. The average molecular weight is 236 g/mol. The highest BCUT2D eigenvalue weighted by molar-refractivity contribution is 5.75. The second-order valence-electron chi connectivity index (χ2n) is 4.82. The quantitative estimate of drug-likeness (QED) is 0.848. The van der Waals surface area contributed by atoms with Crippen LogP contribution in [0.5, 0.6) is 0 Å². The molecule has 1 N–H and O–H groups in total. The molecule has 1 aliphatic rings. The predicted octanol–water partition coefficient (Wildman–Crippen LogP) is 3.57. The first kappa shape index (κ1) is 10.7. The lowest BCUT2D eigenvalue weighted by Gasteiger charge is -2.04. The molecule has 1 aromatic carbocycles. The Kier molecular flexibility index (Phi) is 2.57. The van der Waals surface area contributed by atoms with Crippen molar-refractivity contribution in [2.24, 2.45) is 5.92 Å². The predicted molar refractivity (Wildman–Crippen MR) is 61.7 cm³/mol. The molecule has 0 aliphatic heterocycles. The fourth-order valence-corrected chi connectivity index (χ4v) is 2.64. The molecule has 3 rings (SSSR count). The summed E-state index contributed by atoms with van der Waals surface area (Å²) in [5, 5.41) is 0. The molecule has 2 nitrogen and oxygen atoms in total. The number of H-pyrrole nitrogens is 1. The van der Waals surface area contributed by atoms with Crippen molar-refractivity contribution in [2.45, 2.75) is 32.1 Å². The van der Waals surface area contributed by atoms with Crippen LogP contribution in [0.15, 0.2) is 12.1 Å². The summed E-state index contributed by atoms with van der Waals surface area (Å²) in [5.41, 5.74) is 1.09. The van der Waals surface area contributed by atoms with Crippen molar-refractivity contribution in [2.75, 3.05) is 0 Å². The number of imidazole rings is 1. The Morgan fingerprint density at radius 2 is 1.88 bits per heavy atom. The Bertz CT molecular complexity index is 503. The average Bonchev–Trinajstić information content (AvgIpc) is 2.89. The van der Waals surface area contributed by atoms with Crippen LogP contribution in [-0.4, -0.2) is 9.97 Å². The third-order valence-electron chi connectivity index (χ3n) is 3.53. The topological polar surface area (TPSA) is 28.7 Å². The molecule has 2 aromatic rings. The van der Waals surface area contributed by atoms with E-state index in [-0.39, 0.29) is 0 Å². The van der Waals surface area contributed by atoms with Gasteiger partial charge in [-0.25, -0.2) is 13.8 Å².